The summed E-state index contributed by atoms with van der Waals surface area (Å²) in [6.07, 6.45) is 7.01. The van der Waals surface area contributed by atoms with Crippen LogP contribution in [0.25, 0.3) is 0 Å². The molecule has 2 fully saturated rings. The second-order valence-electron chi connectivity index (χ2n) is 8.94. The van der Waals surface area contributed by atoms with Crippen molar-refractivity contribution in [2.75, 3.05) is 19.6 Å². The van der Waals surface area contributed by atoms with Crippen LogP contribution in [0.5, 0.6) is 0 Å². The van der Waals surface area contributed by atoms with E-state index in [9.17, 15) is 4.79 Å². The number of amides is 1. The van der Waals surface area contributed by atoms with Gasteiger partial charge in [0, 0.05) is 31.6 Å². The van der Waals surface area contributed by atoms with Crippen LogP contribution in [0.15, 0.2) is 29.6 Å². The number of rotatable bonds is 3. The third-order valence-corrected chi connectivity index (χ3v) is 8.22. The summed E-state index contributed by atoms with van der Waals surface area (Å²) in [4.78, 5) is 16.6. The van der Waals surface area contributed by atoms with Crippen molar-refractivity contribution in [3.63, 3.8) is 0 Å². The Morgan fingerprint density at radius 3 is 2.93 bits per heavy atom. The molecule has 2 aliphatic heterocycles. The number of carbonyl (C=O) groups excluding carboxylic acids is 1. The maximum absolute atomic E-state index is 13.4. The van der Waals surface area contributed by atoms with Crippen molar-refractivity contribution in [1.29, 1.82) is 0 Å². The van der Waals surface area contributed by atoms with E-state index in [2.05, 4.69) is 52.3 Å². The quantitative estimate of drug-likeness (QED) is 0.804. The lowest BCUT2D eigenvalue weighted by Crippen LogP contribution is -2.48. The van der Waals surface area contributed by atoms with Crippen LogP contribution in [0.1, 0.15) is 63.5 Å². The Labute approximate surface area is 177 Å². The Bertz CT molecular complexity index is 892. The lowest BCUT2D eigenvalue weighted by Gasteiger charge is -2.37. The molecule has 0 spiro atoms. The van der Waals surface area contributed by atoms with Gasteiger partial charge in [-0.05, 0) is 79.0 Å². The van der Waals surface area contributed by atoms with Gasteiger partial charge in [0.1, 0.15) is 0 Å². The molecule has 2 N–H and O–H groups in total. The number of thiophene rings is 1. The van der Waals surface area contributed by atoms with Crippen LogP contribution in [0.4, 0.5) is 0 Å². The number of hydrogen-bond donors (Lipinski definition) is 2. The van der Waals surface area contributed by atoms with Crippen LogP contribution >= 0.6 is 11.3 Å². The fourth-order valence-corrected chi connectivity index (χ4v) is 6.72. The molecule has 2 saturated heterocycles. The number of hydrazine groups is 1. The second-order valence-corrected chi connectivity index (χ2v) is 9.82. The minimum atomic E-state index is 0.279. The Balaban J connectivity index is 1.33. The molecule has 3 heterocycles. The van der Waals surface area contributed by atoms with Gasteiger partial charge in [0.2, 0.25) is 0 Å². The van der Waals surface area contributed by atoms with E-state index < -0.39 is 0 Å². The minimum Gasteiger partial charge on any atom is -0.338 e. The van der Waals surface area contributed by atoms with Crippen LogP contribution < -0.4 is 10.9 Å². The first-order valence-electron chi connectivity index (χ1n) is 11.1. The van der Waals surface area contributed by atoms with Crippen molar-refractivity contribution in [2.45, 2.75) is 57.4 Å². The SMILES string of the molecule is Cc1ccccc1C1CNNC1C1CCCN(C(=O)c2scc3c2CCCC3)C1. The van der Waals surface area contributed by atoms with E-state index in [0.29, 0.717) is 17.9 Å². The molecule has 1 aliphatic carbocycles. The van der Waals surface area contributed by atoms with Gasteiger partial charge in [0.25, 0.3) is 5.91 Å². The third kappa shape index (κ3) is 3.65. The number of carbonyl (C=O) groups is 1. The zero-order valence-electron chi connectivity index (χ0n) is 17.2. The smallest absolute Gasteiger partial charge is 0.264 e. The monoisotopic (exact) mass is 409 g/mol. The molecular formula is C24H31N3OS. The highest BCUT2D eigenvalue weighted by atomic mass is 32.1. The van der Waals surface area contributed by atoms with Crippen LogP contribution in [-0.2, 0) is 12.8 Å². The van der Waals surface area contributed by atoms with Gasteiger partial charge < -0.3 is 4.90 Å². The highest BCUT2D eigenvalue weighted by Crippen LogP contribution is 2.35. The Kier molecular flexibility index (Phi) is 5.46. The van der Waals surface area contributed by atoms with Gasteiger partial charge in [-0.25, -0.2) is 0 Å². The van der Waals surface area contributed by atoms with Gasteiger partial charge in [0.15, 0.2) is 0 Å². The topological polar surface area (TPSA) is 44.4 Å². The highest BCUT2D eigenvalue weighted by Gasteiger charge is 2.38. The van der Waals surface area contributed by atoms with Gasteiger partial charge in [-0.3, -0.25) is 15.6 Å². The molecule has 0 bridgehead atoms. The molecule has 3 atom stereocenters. The molecule has 154 valence electrons. The third-order valence-electron chi connectivity index (χ3n) is 7.16. The van der Waals surface area contributed by atoms with Crippen LogP contribution in [0.3, 0.4) is 0 Å². The van der Waals surface area contributed by atoms with E-state index in [1.165, 1.54) is 41.5 Å². The number of likely N-dealkylation sites (tertiary alicyclic amines) is 1. The zero-order chi connectivity index (χ0) is 19.8. The Morgan fingerprint density at radius 2 is 2.03 bits per heavy atom. The maximum Gasteiger partial charge on any atom is 0.264 e. The summed E-state index contributed by atoms with van der Waals surface area (Å²) >= 11 is 1.68. The van der Waals surface area contributed by atoms with Crippen LogP contribution in [0, 0.1) is 12.8 Å². The van der Waals surface area contributed by atoms with Crippen molar-refractivity contribution in [3.8, 4) is 0 Å². The number of hydrogen-bond acceptors (Lipinski definition) is 4. The lowest BCUT2D eigenvalue weighted by atomic mass is 9.80. The molecule has 3 unspecified atom stereocenters. The second kappa shape index (κ2) is 8.21. The van der Waals surface area contributed by atoms with E-state index in [1.54, 1.807) is 11.3 Å². The largest absolute Gasteiger partial charge is 0.338 e. The molecule has 4 nitrogen and oxygen atoms in total. The average molecular weight is 410 g/mol. The normalized spacial score (nSPS) is 27.1. The van der Waals surface area contributed by atoms with E-state index in [4.69, 9.17) is 0 Å². The molecular weight excluding hydrogens is 378 g/mol. The highest BCUT2D eigenvalue weighted by molar-refractivity contribution is 7.12. The standard InChI is InChI=1S/C24H31N3OS/c1-16-7-2-4-10-19(16)21-13-25-26-22(21)17-9-6-12-27(14-17)24(28)23-20-11-5-3-8-18(20)15-29-23/h2,4,7,10,15,17,21-22,25-26H,3,5-6,8-9,11-14H2,1H3. The Hall–Kier alpha value is -1.69. The predicted molar refractivity (Wildman–Crippen MR) is 118 cm³/mol. The minimum absolute atomic E-state index is 0.279. The first-order valence-corrected chi connectivity index (χ1v) is 12.0. The van der Waals surface area contributed by atoms with E-state index in [-0.39, 0.29) is 5.91 Å². The lowest BCUT2D eigenvalue weighted by molar-refractivity contribution is 0.0648. The summed E-state index contributed by atoms with van der Waals surface area (Å²) in [6, 6.07) is 9.12. The maximum atomic E-state index is 13.4. The molecule has 0 saturated carbocycles. The van der Waals surface area contributed by atoms with E-state index >= 15 is 0 Å². The number of piperidine rings is 1. The van der Waals surface area contributed by atoms with E-state index in [0.717, 1.165) is 43.8 Å². The summed E-state index contributed by atoms with van der Waals surface area (Å²) in [7, 11) is 0. The number of fused-ring (bicyclic) bond motifs is 1. The van der Waals surface area contributed by atoms with Crippen molar-refractivity contribution in [3.05, 3.63) is 56.8 Å². The van der Waals surface area contributed by atoms with E-state index in [1.807, 2.05) is 0 Å². The van der Waals surface area contributed by atoms with Crippen molar-refractivity contribution in [2.24, 2.45) is 5.92 Å². The fourth-order valence-electron chi connectivity index (χ4n) is 5.60. The fraction of sp³-hybridized carbons (Fsp3) is 0.542. The van der Waals surface area contributed by atoms with Crippen LogP contribution in [0.2, 0.25) is 0 Å². The molecule has 1 aromatic carbocycles. The molecule has 1 aromatic heterocycles. The number of nitrogens with zero attached hydrogens (tertiary/aromatic N) is 1. The molecule has 5 rings (SSSR count). The van der Waals surface area contributed by atoms with Gasteiger partial charge in [-0.1, -0.05) is 24.3 Å². The molecule has 0 radical (unpaired) electrons. The average Bonchev–Trinajstić information content (AvgIpc) is 3.41. The molecule has 29 heavy (non-hydrogen) atoms. The van der Waals surface area contributed by atoms with Gasteiger partial charge in [-0.2, -0.15) is 0 Å². The van der Waals surface area contributed by atoms with Crippen molar-refractivity contribution < 1.29 is 4.79 Å². The molecule has 2 aromatic rings. The van der Waals surface area contributed by atoms with Gasteiger partial charge >= 0.3 is 0 Å². The zero-order valence-corrected chi connectivity index (χ0v) is 18.1. The molecule has 5 heteroatoms. The van der Waals surface area contributed by atoms with Crippen LogP contribution in [-0.4, -0.2) is 36.5 Å². The molecule has 1 amide bonds. The van der Waals surface area contributed by atoms with Gasteiger partial charge in [0.05, 0.1) is 4.88 Å². The summed E-state index contributed by atoms with van der Waals surface area (Å²) < 4.78 is 0. The summed E-state index contributed by atoms with van der Waals surface area (Å²) in [5.74, 6) is 1.23. The predicted octanol–water partition coefficient (Wildman–Crippen LogP) is 4.05. The first-order chi connectivity index (χ1) is 14.2. The summed E-state index contributed by atoms with van der Waals surface area (Å²) in [5, 5.41) is 2.24. The number of nitrogens with one attached hydrogen (secondary N) is 2. The van der Waals surface area contributed by atoms with Crippen molar-refractivity contribution in [1.82, 2.24) is 15.8 Å². The first kappa shape index (κ1) is 19.3. The van der Waals surface area contributed by atoms with Crippen molar-refractivity contribution >= 4 is 17.2 Å². The number of benzene rings is 1. The number of aryl methyl sites for hydroxylation is 2. The summed E-state index contributed by atoms with van der Waals surface area (Å²) in [5.41, 5.74) is 12.5. The van der Waals surface area contributed by atoms with Gasteiger partial charge in [-0.15, -0.1) is 11.3 Å². The Morgan fingerprint density at radius 1 is 1.17 bits per heavy atom. The molecule has 3 aliphatic rings. The summed E-state index contributed by atoms with van der Waals surface area (Å²) in [6.45, 7) is 4.93.